The second kappa shape index (κ2) is 6.87. The third-order valence-electron chi connectivity index (χ3n) is 6.38. The SMILES string of the molecule is O=C1C[C@@H](c2ccc(F)cc2)C2(C(=O)Oc3ccccc32)[C@H](c2ccc(F)cc2)C1. The second-order valence-corrected chi connectivity index (χ2v) is 7.91. The molecule has 3 aromatic carbocycles. The van der Waals surface area contributed by atoms with Crippen LogP contribution in [0.3, 0.4) is 0 Å². The number of ether oxygens (including phenoxy) is 1. The van der Waals surface area contributed by atoms with Gasteiger partial charge in [-0.05, 0) is 41.5 Å². The Labute approximate surface area is 172 Å². The number of benzene rings is 3. The first-order chi connectivity index (χ1) is 14.5. The van der Waals surface area contributed by atoms with Gasteiger partial charge in [0.15, 0.2) is 0 Å². The molecule has 150 valence electrons. The van der Waals surface area contributed by atoms with Gasteiger partial charge in [0.25, 0.3) is 0 Å². The average Bonchev–Trinajstić information content (AvgIpc) is 3.03. The van der Waals surface area contributed by atoms with Crippen LogP contribution in [0.25, 0.3) is 0 Å². The molecule has 0 amide bonds. The minimum Gasteiger partial charge on any atom is -0.426 e. The number of Topliss-reactive ketones (excluding diaryl/α,β-unsaturated/α-hetero) is 1. The van der Waals surface area contributed by atoms with Gasteiger partial charge in [-0.3, -0.25) is 9.59 Å². The maximum atomic E-state index is 13.6. The number of hydrogen-bond donors (Lipinski definition) is 0. The lowest BCUT2D eigenvalue weighted by Crippen LogP contribution is -2.49. The highest BCUT2D eigenvalue weighted by molar-refractivity contribution is 5.97. The molecule has 2 aliphatic rings. The normalized spacial score (nSPS) is 22.1. The van der Waals surface area contributed by atoms with Crippen molar-refractivity contribution < 1.29 is 23.1 Å². The summed E-state index contributed by atoms with van der Waals surface area (Å²) in [5, 5.41) is 0. The highest BCUT2D eigenvalue weighted by Gasteiger charge is 2.62. The molecule has 0 unspecified atom stereocenters. The molecule has 30 heavy (non-hydrogen) atoms. The van der Waals surface area contributed by atoms with E-state index >= 15 is 0 Å². The van der Waals surface area contributed by atoms with E-state index in [1.165, 1.54) is 24.3 Å². The summed E-state index contributed by atoms with van der Waals surface area (Å²) in [6, 6.07) is 19.0. The fraction of sp³-hybridized carbons (Fsp3) is 0.200. The first kappa shape index (κ1) is 18.7. The minimum atomic E-state index is -1.15. The number of hydrogen-bond acceptors (Lipinski definition) is 3. The van der Waals surface area contributed by atoms with E-state index in [9.17, 15) is 18.4 Å². The Bertz CT molecular complexity index is 1080. The molecule has 3 aromatic rings. The molecule has 1 heterocycles. The number of esters is 1. The summed E-state index contributed by atoms with van der Waals surface area (Å²) in [4.78, 5) is 26.4. The van der Waals surface area contributed by atoms with E-state index < -0.39 is 23.2 Å². The Balaban J connectivity index is 1.78. The van der Waals surface area contributed by atoms with Crippen molar-refractivity contribution in [3.63, 3.8) is 0 Å². The highest BCUT2D eigenvalue weighted by Crippen LogP contribution is 2.60. The van der Waals surface area contributed by atoms with Gasteiger partial charge in [0, 0.05) is 30.2 Å². The molecule has 0 radical (unpaired) electrons. The Morgan fingerprint density at radius 2 is 1.23 bits per heavy atom. The fourth-order valence-corrected chi connectivity index (χ4v) is 5.11. The molecule has 5 heteroatoms. The molecular formula is C25H18F2O3. The van der Waals surface area contributed by atoms with Crippen LogP contribution in [0.1, 0.15) is 41.4 Å². The van der Waals surface area contributed by atoms with Gasteiger partial charge in [0.1, 0.15) is 28.6 Å². The number of carbonyl (C=O) groups is 2. The van der Waals surface area contributed by atoms with Crippen molar-refractivity contribution in [2.45, 2.75) is 30.1 Å². The van der Waals surface area contributed by atoms with Crippen molar-refractivity contribution >= 4 is 11.8 Å². The van der Waals surface area contributed by atoms with Crippen LogP contribution in [-0.4, -0.2) is 11.8 Å². The Morgan fingerprint density at radius 1 is 0.733 bits per heavy atom. The van der Waals surface area contributed by atoms with Gasteiger partial charge in [-0.1, -0.05) is 42.5 Å². The van der Waals surface area contributed by atoms with Gasteiger partial charge in [0.05, 0.1) is 0 Å². The van der Waals surface area contributed by atoms with E-state index in [2.05, 4.69) is 0 Å². The van der Waals surface area contributed by atoms with Crippen molar-refractivity contribution in [2.24, 2.45) is 0 Å². The molecular weight excluding hydrogens is 386 g/mol. The highest BCUT2D eigenvalue weighted by atomic mass is 19.1. The zero-order chi connectivity index (χ0) is 20.9. The first-order valence-corrected chi connectivity index (χ1v) is 9.84. The van der Waals surface area contributed by atoms with Gasteiger partial charge in [-0.25, -0.2) is 8.78 Å². The Hall–Kier alpha value is -3.34. The molecule has 0 saturated heterocycles. The summed E-state index contributed by atoms with van der Waals surface area (Å²) in [6.07, 6.45) is 0.291. The lowest BCUT2D eigenvalue weighted by molar-refractivity contribution is -0.142. The summed E-state index contributed by atoms with van der Waals surface area (Å²) in [5.41, 5.74) is 0.960. The van der Waals surface area contributed by atoms with Crippen LogP contribution in [0, 0.1) is 11.6 Å². The summed E-state index contributed by atoms with van der Waals surface area (Å²) in [7, 11) is 0. The number of carbonyl (C=O) groups excluding carboxylic acids is 2. The molecule has 1 fully saturated rings. The molecule has 1 saturated carbocycles. The molecule has 2 atom stereocenters. The zero-order valence-corrected chi connectivity index (χ0v) is 16.0. The maximum Gasteiger partial charge on any atom is 0.323 e. The van der Waals surface area contributed by atoms with Gasteiger partial charge >= 0.3 is 5.97 Å². The van der Waals surface area contributed by atoms with E-state index in [0.29, 0.717) is 22.4 Å². The largest absolute Gasteiger partial charge is 0.426 e. The topological polar surface area (TPSA) is 43.4 Å². The smallest absolute Gasteiger partial charge is 0.323 e. The standard InChI is InChI=1S/C25H18F2O3/c26-17-9-5-15(6-10-17)21-13-19(28)14-22(16-7-11-18(27)12-8-16)25(21)20-3-1-2-4-23(20)30-24(25)29/h1-12,21-22H,13-14H2/t21-,22-/m0/s1. The summed E-state index contributed by atoms with van der Waals surface area (Å²) in [6.45, 7) is 0. The molecule has 0 bridgehead atoms. The van der Waals surface area contributed by atoms with Gasteiger partial charge in [0.2, 0.25) is 0 Å². The summed E-state index contributed by atoms with van der Waals surface area (Å²) >= 11 is 0. The second-order valence-electron chi connectivity index (χ2n) is 7.91. The van der Waals surface area contributed by atoms with Gasteiger partial charge in [-0.2, -0.15) is 0 Å². The number of fused-ring (bicyclic) bond motifs is 2. The quantitative estimate of drug-likeness (QED) is 0.443. The maximum absolute atomic E-state index is 13.6. The number of ketones is 1. The van der Waals surface area contributed by atoms with Crippen LogP contribution in [0.2, 0.25) is 0 Å². The van der Waals surface area contributed by atoms with E-state index in [1.54, 1.807) is 36.4 Å². The van der Waals surface area contributed by atoms with E-state index in [4.69, 9.17) is 4.74 Å². The number of rotatable bonds is 2. The molecule has 5 rings (SSSR count). The van der Waals surface area contributed by atoms with Crippen LogP contribution < -0.4 is 4.74 Å². The fourth-order valence-electron chi connectivity index (χ4n) is 5.11. The predicted molar refractivity (Wildman–Crippen MR) is 106 cm³/mol. The monoisotopic (exact) mass is 404 g/mol. The van der Waals surface area contributed by atoms with Crippen molar-refractivity contribution in [3.8, 4) is 5.75 Å². The zero-order valence-electron chi connectivity index (χ0n) is 16.0. The van der Waals surface area contributed by atoms with Crippen LogP contribution in [0.5, 0.6) is 5.75 Å². The lowest BCUT2D eigenvalue weighted by atomic mass is 9.54. The van der Waals surface area contributed by atoms with Crippen LogP contribution in [0.15, 0.2) is 72.8 Å². The van der Waals surface area contributed by atoms with Crippen LogP contribution >= 0.6 is 0 Å². The Kier molecular flexibility index (Phi) is 4.28. The van der Waals surface area contributed by atoms with Crippen molar-refractivity contribution in [2.75, 3.05) is 0 Å². The van der Waals surface area contributed by atoms with Crippen molar-refractivity contribution in [3.05, 3.63) is 101 Å². The molecule has 1 aliphatic heterocycles. The molecule has 0 aromatic heterocycles. The van der Waals surface area contributed by atoms with Crippen LogP contribution in [-0.2, 0) is 15.0 Å². The Morgan fingerprint density at radius 3 is 1.77 bits per heavy atom. The molecule has 1 spiro atoms. The average molecular weight is 404 g/mol. The third kappa shape index (κ3) is 2.69. The predicted octanol–water partition coefficient (Wildman–Crippen LogP) is 5.05. The molecule has 1 aliphatic carbocycles. The van der Waals surface area contributed by atoms with E-state index in [1.807, 2.05) is 12.1 Å². The van der Waals surface area contributed by atoms with Crippen molar-refractivity contribution in [1.82, 2.24) is 0 Å². The van der Waals surface area contributed by atoms with E-state index in [0.717, 1.165) is 0 Å². The first-order valence-electron chi connectivity index (χ1n) is 9.84. The lowest BCUT2D eigenvalue weighted by Gasteiger charge is -2.44. The molecule has 3 nitrogen and oxygen atoms in total. The summed E-state index contributed by atoms with van der Waals surface area (Å²) < 4.78 is 32.9. The number of para-hydroxylation sites is 1. The van der Waals surface area contributed by atoms with Gasteiger partial charge < -0.3 is 4.74 Å². The van der Waals surface area contributed by atoms with Gasteiger partial charge in [-0.15, -0.1) is 0 Å². The van der Waals surface area contributed by atoms with Crippen molar-refractivity contribution in [1.29, 1.82) is 0 Å². The third-order valence-corrected chi connectivity index (χ3v) is 6.38. The number of halogens is 2. The van der Waals surface area contributed by atoms with E-state index in [-0.39, 0.29) is 30.3 Å². The molecule has 0 N–H and O–H groups in total. The van der Waals surface area contributed by atoms with Crippen LogP contribution in [0.4, 0.5) is 8.78 Å². The minimum absolute atomic E-state index is 0.00135. The summed E-state index contributed by atoms with van der Waals surface area (Å²) in [5.74, 6) is -1.78.